The van der Waals surface area contributed by atoms with Crippen LogP contribution in [0.2, 0.25) is 0 Å². The van der Waals surface area contributed by atoms with Gasteiger partial charge in [-0.3, -0.25) is 0 Å². The molecule has 0 aliphatic carbocycles. The Bertz CT molecular complexity index is 1000. The summed E-state index contributed by atoms with van der Waals surface area (Å²) in [6, 6.07) is 0. The van der Waals surface area contributed by atoms with Crippen LogP contribution in [0, 0.1) is 159 Å². The monoisotopic (exact) mass is 1360 g/mol. The highest BCUT2D eigenvalue weighted by Gasteiger charge is 2.15. The van der Waals surface area contributed by atoms with Gasteiger partial charge in [0.05, 0.1) is 0 Å². The largest absolute Gasteiger partial charge is 0.0651 e. The van der Waals surface area contributed by atoms with Crippen LogP contribution in [0.25, 0.3) is 0 Å². The second-order valence-corrected chi connectivity index (χ2v) is 38.9. The van der Waals surface area contributed by atoms with Crippen molar-refractivity contribution in [1.29, 1.82) is 0 Å². The van der Waals surface area contributed by atoms with Crippen molar-refractivity contribution >= 4 is 0 Å². The molecule has 95 heavy (non-hydrogen) atoms. The Morgan fingerprint density at radius 2 is 0.242 bits per heavy atom. The summed E-state index contributed by atoms with van der Waals surface area (Å²) in [4.78, 5) is 0. The van der Waals surface area contributed by atoms with Gasteiger partial charge in [-0.25, -0.2) is 0 Å². The van der Waals surface area contributed by atoms with Gasteiger partial charge in [-0.15, -0.1) is 0 Å². The molecule has 0 spiro atoms. The average molecular weight is 1360 g/mol. The first-order valence-corrected chi connectivity index (χ1v) is 42.1. The Kier molecular flexibility index (Phi) is 130. The van der Waals surface area contributed by atoms with Crippen LogP contribution >= 0.6 is 0 Å². The van der Waals surface area contributed by atoms with Crippen molar-refractivity contribution in [2.24, 2.45) is 159 Å². The van der Waals surface area contributed by atoms with Gasteiger partial charge in [0.2, 0.25) is 0 Å². The first kappa shape index (κ1) is 135. The third kappa shape index (κ3) is 207. The second-order valence-electron chi connectivity index (χ2n) is 38.9. The predicted molar refractivity (Wildman–Crippen MR) is 471 cm³/mol. The molecule has 0 bridgehead atoms. The summed E-state index contributed by atoms with van der Waals surface area (Å²) in [5, 5.41) is 0. The van der Waals surface area contributed by atoms with E-state index in [-0.39, 0.29) is 0 Å². The van der Waals surface area contributed by atoms with E-state index in [1.165, 1.54) is 44.9 Å². The zero-order chi connectivity index (χ0) is 81.4. The van der Waals surface area contributed by atoms with Crippen molar-refractivity contribution in [2.75, 3.05) is 0 Å². The minimum Gasteiger partial charge on any atom is -0.0651 e. The normalized spacial score (nSPS) is 11.5. The molecule has 602 valence electrons. The molecule has 0 aliphatic rings. The molecular formula is C95H222. The van der Waals surface area contributed by atoms with Gasteiger partial charge in [-0.2, -0.15) is 0 Å². The molecule has 0 amide bonds. The van der Waals surface area contributed by atoms with E-state index in [2.05, 4.69) is 422 Å². The summed E-state index contributed by atoms with van der Waals surface area (Å²) in [6.07, 6.45) is 9.16. The quantitative estimate of drug-likeness (QED) is 0.144. The van der Waals surface area contributed by atoms with E-state index < -0.39 is 0 Å². The first-order valence-electron chi connectivity index (χ1n) is 42.1. The Morgan fingerprint density at radius 3 is 0.242 bits per heavy atom. The van der Waals surface area contributed by atoms with Crippen LogP contribution in [0.1, 0.15) is 467 Å². The fraction of sp³-hybridized carbons (Fsp3) is 1.00. The maximum Gasteiger partial charge on any atom is -0.0360 e. The Balaban J connectivity index is -0.0000000502. The van der Waals surface area contributed by atoms with E-state index in [9.17, 15) is 0 Å². The molecule has 0 aromatic heterocycles. The fourth-order valence-electron chi connectivity index (χ4n) is 2.48. The summed E-state index contributed by atoms with van der Waals surface area (Å²) in [5.74, 6) is 21.4. The van der Waals surface area contributed by atoms with Gasteiger partial charge in [0, 0.05) is 0 Å². The van der Waals surface area contributed by atoms with Crippen molar-refractivity contribution in [1.82, 2.24) is 0 Å². The molecule has 0 N–H and O–H groups in total. The van der Waals surface area contributed by atoms with Gasteiger partial charge in [-0.1, -0.05) is 467 Å². The average Bonchev–Trinajstić information content (AvgIpc) is 3.42. The topological polar surface area (TPSA) is 0 Å². The van der Waals surface area contributed by atoms with E-state index in [4.69, 9.17) is 0 Å². The van der Waals surface area contributed by atoms with Crippen LogP contribution in [0.3, 0.4) is 0 Å². The van der Waals surface area contributed by atoms with E-state index >= 15 is 0 Å². The molecule has 0 radical (unpaired) electrons. The standard InChI is InChI=1S/2C8H18.4C7H16.3C6H14.5C5H12.2C4H10/c2*1-6(2)8(5)7(3)4;2*1-6(2)7(3,4)5;2*1-5-7(4)6(2)3;3*1-5(2)6(3)4;5*1-4-5(2)3;2*1-4(2)3/h2*6-8H,1-5H3;2*6H,1-5H3;2*6-7H,5H2,1-4H3;3*5-6H,1-4H3;5*5H,4H2,1-3H3;2*4H,1-3H3. The van der Waals surface area contributed by atoms with Crippen LogP contribution in [0.5, 0.6) is 0 Å². The first-order chi connectivity index (χ1) is 42.1. The lowest BCUT2D eigenvalue weighted by Crippen LogP contribution is -2.12. The zero-order valence-corrected chi connectivity index (χ0v) is 81.4. The van der Waals surface area contributed by atoms with Crippen LogP contribution in [-0.2, 0) is 0 Å². The van der Waals surface area contributed by atoms with Crippen molar-refractivity contribution < 1.29 is 0 Å². The van der Waals surface area contributed by atoms with Crippen LogP contribution in [0.4, 0.5) is 0 Å². The van der Waals surface area contributed by atoms with Crippen molar-refractivity contribution in [2.45, 2.75) is 467 Å². The molecule has 0 nitrogen and oxygen atoms in total. The van der Waals surface area contributed by atoms with Gasteiger partial charge >= 0.3 is 0 Å². The van der Waals surface area contributed by atoms with Gasteiger partial charge in [0.25, 0.3) is 0 Å². The number of hydrogen-bond donors (Lipinski definition) is 0. The lowest BCUT2D eigenvalue weighted by Gasteiger charge is -2.22. The third-order valence-electron chi connectivity index (χ3n) is 19.3. The highest BCUT2D eigenvalue weighted by Crippen LogP contribution is 2.25. The highest BCUT2D eigenvalue weighted by molar-refractivity contribution is 4.65. The lowest BCUT2D eigenvalue weighted by atomic mass is 9.84. The minimum atomic E-state index is 0.500. The van der Waals surface area contributed by atoms with Gasteiger partial charge < -0.3 is 0 Å². The summed E-state index contributed by atoms with van der Waals surface area (Å²) >= 11 is 0. The summed E-state index contributed by atoms with van der Waals surface area (Å²) < 4.78 is 0. The number of hydrogen-bond acceptors (Lipinski definition) is 0. The molecule has 0 heteroatoms. The van der Waals surface area contributed by atoms with Gasteiger partial charge in [0.1, 0.15) is 0 Å². The third-order valence-corrected chi connectivity index (χ3v) is 19.3. The van der Waals surface area contributed by atoms with E-state index in [1.54, 1.807) is 0 Å². The Hall–Kier alpha value is 0. The second kappa shape index (κ2) is 92.0. The molecule has 0 aromatic carbocycles. The maximum absolute atomic E-state index is 2.31. The summed E-state index contributed by atoms with van der Waals surface area (Å²) in [7, 11) is 0. The Labute approximate surface area is 622 Å². The zero-order valence-electron chi connectivity index (χ0n) is 81.4. The summed E-state index contributed by atoms with van der Waals surface area (Å²) in [5.41, 5.74) is 1.00. The van der Waals surface area contributed by atoms with E-state index in [0.717, 1.165) is 148 Å². The number of rotatable bonds is 16. The molecule has 0 aliphatic heterocycles. The minimum absolute atomic E-state index is 0.500. The van der Waals surface area contributed by atoms with E-state index in [1.807, 2.05) is 0 Å². The fourth-order valence-corrected chi connectivity index (χ4v) is 2.48. The van der Waals surface area contributed by atoms with E-state index in [0.29, 0.717) is 10.8 Å². The van der Waals surface area contributed by atoms with Crippen LogP contribution in [0.15, 0.2) is 0 Å². The molecule has 2 atom stereocenters. The molecule has 0 fully saturated rings. The molecule has 0 heterocycles. The van der Waals surface area contributed by atoms with Crippen molar-refractivity contribution in [3.8, 4) is 0 Å². The smallest absolute Gasteiger partial charge is 0.0360 e. The maximum atomic E-state index is 2.31. The molecule has 0 saturated carbocycles. The van der Waals surface area contributed by atoms with Crippen molar-refractivity contribution in [3.63, 3.8) is 0 Å². The summed E-state index contributed by atoms with van der Waals surface area (Å²) in [6.45, 7) is 137. The van der Waals surface area contributed by atoms with Crippen LogP contribution < -0.4 is 0 Å². The van der Waals surface area contributed by atoms with Crippen LogP contribution in [-0.4, -0.2) is 0 Å². The van der Waals surface area contributed by atoms with Crippen molar-refractivity contribution in [3.05, 3.63) is 0 Å². The molecule has 2 unspecified atom stereocenters. The molecule has 0 aromatic rings. The van der Waals surface area contributed by atoms with Gasteiger partial charge in [-0.05, 0) is 159 Å². The lowest BCUT2D eigenvalue weighted by molar-refractivity contribution is 0.283. The predicted octanol–water partition coefficient (Wildman–Crippen LogP) is 37.1. The highest BCUT2D eigenvalue weighted by atomic mass is 14.2. The van der Waals surface area contributed by atoms with Gasteiger partial charge in [0.15, 0.2) is 0 Å². The molecule has 0 rings (SSSR count). The SMILES string of the molecule is CC(C)C.CC(C)C.CC(C)C(C)(C)C.CC(C)C(C)(C)C.CC(C)C(C)C.CC(C)C(C)C.CC(C)C(C)C.CC(C)C(C)C(C)C.CC(C)C(C)C(C)C.CCC(C)C.CCC(C)C.CCC(C)C.CCC(C)C.CCC(C)C.CCC(C)C(C)C.CCC(C)C(C)C. The molecular weight excluding hydrogens is 1140 g/mol. The molecule has 0 saturated heterocycles. The Morgan fingerprint density at radius 1 is 0.158 bits per heavy atom.